The van der Waals surface area contributed by atoms with Crippen LogP contribution in [0.5, 0.6) is 0 Å². The molecule has 0 aromatic carbocycles. The normalized spacial score (nSPS) is 20.9. The Labute approximate surface area is 84.9 Å². The summed E-state index contributed by atoms with van der Waals surface area (Å²) in [5.74, 6) is 1.69. The Kier molecular flexibility index (Phi) is 2.87. The Morgan fingerprint density at radius 3 is 3.21 bits per heavy atom. The first kappa shape index (κ1) is 9.71. The van der Waals surface area contributed by atoms with E-state index in [0.717, 1.165) is 31.0 Å². The summed E-state index contributed by atoms with van der Waals surface area (Å²) in [5.41, 5.74) is 2.48. The molecule has 1 unspecified atom stereocenters. The summed E-state index contributed by atoms with van der Waals surface area (Å²) < 4.78 is 5.41. The zero-order valence-corrected chi connectivity index (χ0v) is 8.97. The second-order valence-corrected chi connectivity index (χ2v) is 4.05. The summed E-state index contributed by atoms with van der Waals surface area (Å²) in [4.78, 5) is 0. The molecule has 78 valence electrons. The summed E-state index contributed by atoms with van der Waals surface area (Å²) in [6.07, 6.45) is 3.65. The lowest BCUT2D eigenvalue weighted by Gasteiger charge is -2.15. The van der Waals surface area contributed by atoms with E-state index in [1.54, 1.807) is 0 Å². The monoisotopic (exact) mass is 194 g/mol. The van der Waals surface area contributed by atoms with Crippen LogP contribution in [0.25, 0.3) is 0 Å². The van der Waals surface area contributed by atoms with Gasteiger partial charge in [0.2, 0.25) is 0 Å². The van der Waals surface area contributed by atoms with Gasteiger partial charge in [0.15, 0.2) is 0 Å². The first-order valence-corrected chi connectivity index (χ1v) is 5.51. The molecule has 3 nitrogen and oxygen atoms in total. The third kappa shape index (κ3) is 1.69. The maximum Gasteiger partial charge on any atom is 0.143 e. The van der Waals surface area contributed by atoms with Gasteiger partial charge in [-0.3, -0.25) is 0 Å². The Balaban J connectivity index is 2.18. The molecule has 0 bridgehead atoms. The van der Waals surface area contributed by atoms with Crippen molar-refractivity contribution in [2.45, 2.75) is 45.6 Å². The molecular weight excluding hydrogens is 176 g/mol. The van der Waals surface area contributed by atoms with Gasteiger partial charge in [-0.15, -0.1) is 0 Å². The highest BCUT2D eigenvalue weighted by Crippen LogP contribution is 2.32. The number of fused-ring (bicyclic) bond motifs is 1. The molecule has 3 heteroatoms. The van der Waals surface area contributed by atoms with Crippen molar-refractivity contribution < 1.29 is 4.52 Å². The number of aromatic nitrogens is 1. The van der Waals surface area contributed by atoms with Gasteiger partial charge < -0.3 is 9.84 Å². The molecule has 1 N–H and O–H groups in total. The average molecular weight is 194 g/mol. The van der Waals surface area contributed by atoms with E-state index in [2.05, 4.69) is 24.3 Å². The van der Waals surface area contributed by atoms with Crippen molar-refractivity contribution in [2.24, 2.45) is 0 Å². The van der Waals surface area contributed by atoms with Gasteiger partial charge in [-0.1, -0.05) is 19.0 Å². The molecule has 0 saturated carbocycles. The molecule has 1 atom stereocenters. The number of hydrogen-bond donors (Lipinski definition) is 1. The van der Waals surface area contributed by atoms with Gasteiger partial charge in [-0.25, -0.2) is 0 Å². The fraction of sp³-hybridized carbons (Fsp3) is 0.727. The molecule has 0 amide bonds. The molecule has 1 aromatic rings. The zero-order valence-electron chi connectivity index (χ0n) is 8.97. The van der Waals surface area contributed by atoms with Crippen molar-refractivity contribution in [3.8, 4) is 0 Å². The van der Waals surface area contributed by atoms with E-state index in [0.29, 0.717) is 5.92 Å². The maximum atomic E-state index is 5.41. The maximum absolute atomic E-state index is 5.41. The predicted octanol–water partition coefficient (Wildman–Crippen LogP) is 2.22. The summed E-state index contributed by atoms with van der Waals surface area (Å²) in [6.45, 7) is 6.16. The van der Waals surface area contributed by atoms with E-state index < -0.39 is 0 Å². The standard InChI is InChI=1S/C11H18N2O/c1-3-12-7-10-9-6-4-5-8(2)11(9)14-13-10/h8,12H,3-7H2,1-2H3. The molecule has 1 aliphatic rings. The number of hydrogen-bond acceptors (Lipinski definition) is 3. The van der Waals surface area contributed by atoms with Crippen LogP contribution in [0.2, 0.25) is 0 Å². The molecule has 0 saturated heterocycles. The van der Waals surface area contributed by atoms with Crippen LogP contribution in [0.1, 0.15) is 49.6 Å². The first-order chi connectivity index (χ1) is 6.83. The number of nitrogens with zero attached hydrogens (tertiary/aromatic N) is 1. The fourth-order valence-electron chi connectivity index (χ4n) is 2.11. The lowest BCUT2D eigenvalue weighted by molar-refractivity contribution is 0.344. The van der Waals surface area contributed by atoms with Crippen molar-refractivity contribution in [2.75, 3.05) is 6.54 Å². The van der Waals surface area contributed by atoms with E-state index in [1.807, 2.05) is 0 Å². The second-order valence-electron chi connectivity index (χ2n) is 4.05. The van der Waals surface area contributed by atoms with Crippen LogP contribution in [-0.2, 0) is 13.0 Å². The quantitative estimate of drug-likeness (QED) is 0.801. The third-order valence-corrected chi connectivity index (χ3v) is 2.95. The van der Waals surface area contributed by atoms with Gasteiger partial charge in [0.25, 0.3) is 0 Å². The van der Waals surface area contributed by atoms with E-state index in [1.165, 1.54) is 18.4 Å². The van der Waals surface area contributed by atoms with Gasteiger partial charge in [0.05, 0.1) is 0 Å². The minimum atomic E-state index is 0.557. The molecule has 2 rings (SSSR count). The van der Waals surface area contributed by atoms with E-state index in [4.69, 9.17) is 4.52 Å². The zero-order chi connectivity index (χ0) is 9.97. The van der Waals surface area contributed by atoms with Crippen LogP contribution in [-0.4, -0.2) is 11.7 Å². The van der Waals surface area contributed by atoms with Crippen LogP contribution in [0.15, 0.2) is 4.52 Å². The van der Waals surface area contributed by atoms with Crippen molar-refractivity contribution in [1.82, 2.24) is 10.5 Å². The highest BCUT2D eigenvalue weighted by molar-refractivity contribution is 5.27. The molecular formula is C11H18N2O. The highest BCUT2D eigenvalue weighted by atomic mass is 16.5. The molecule has 0 fully saturated rings. The van der Waals surface area contributed by atoms with E-state index in [9.17, 15) is 0 Å². The summed E-state index contributed by atoms with van der Waals surface area (Å²) >= 11 is 0. The lowest BCUT2D eigenvalue weighted by atomic mass is 9.89. The van der Waals surface area contributed by atoms with Crippen LogP contribution in [0, 0.1) is 0 Å². The average Bonchev–Trinajstić information content (AvgIpc) is 2.60. The molecule has 0 radical (unpaired) electrons. The van der Waals surface area contributed by atoms with Crippen LogP contribution in [0.3, 0.4) is 0 Å². The number of nitrogens with one attached hydrogen (secondary N) is 1. The minimum absolute atomic E-state index is 0.557. The Hall–Kier alpha value is -0.830. The second kappa shape index (κ2) is 4.13. The molecule has 0 spiro atoms. The SMILES string of the molecule is CCNCc1noc2c1CCCC2C. The smallest absolute Gasteiger partial charge is 0.143 e. The topological polar surface area (TPSA) is 38.1 Å². The van der Waals surface area contributed by atoms with Crippen molar-refractivity contribution in [3.63, 3.8) is 0 Å². The van der Waals surface area contributed by atoms with E-state index >= 15 is 0 Å². The van der Waals surface area contributed by atoms with Gasteiger partial charge in [0.1, 0.15) is 11.5 Å². The Morgan fingerprint density at radius 2 is 2.43 bits per heavy atom. The summed E-state index contributed by atoms with van der Waals surface area (Å²) in [6, 6.07) is 0. The molecule has 1 aliphatic carbocycles. The largest absolute Gasteiger partial charge is 0.361 e. The number of rotatable bonds is 3. The van der Waals surface area contributed by atoms with E-state index in [-0.39, 0.29) is 0 Å². The Morgan fingerprint density at radius 1 is 1.57 bits per heavy atom. The summed E-state index contributed by atoms with van der Waals surface area (Å²) in [5, 5.41) is 7.44. The third-order valence-electron chi connectivity index (χ3n) is 2.95. The fourth-order valence-corrected chi connectivity index (χ4v) is 2.11. The van der Waals surface area contributed by atoms with Gasteiger partial charge in [-0.2, -0.15) is 0 Å². The lowest BCUT2D eigenvalue weighted by Crippen LogP contribution is -2.14. The van der Waals surface area contributed by atoms with Crippen molar-refractivity contribution in [3.05, 3.63) is 17.0 Å². The van der Waals surface area contributed by atoms with Crippen LogP contribution in [0.4, 0.5) is 0 Å². The van der Waals surface area contributed by atoms with Crippen molar-refractivity contribution in [1.29, 1.82) is 0 Å². The molecule has 1 heterocycles. The van der Waals surface area contributed by atoms with Crippen LogP contribution < -0.4 is 5.32 Å². The molecule has 14 heavy (non-hydrogen) atoms. The highest BCUT2D eigenvalue weighted by Gasteiger charge is 2.24. The first-order valence-electron chi connectivity index (χ1n) is 5.51. The molecule has 1 aromatic heterocycles. The van der Waals surface area contributed by atoms with Crippen LogP contribution >= 0.6 is 0 Å². The van der Waals surface area contributed by atoms with Gasteiger partial charge >= 0.3 is 0 Å². The molecule has 0 aliphatic heterocycles. The minimum Gasteiger partial charge on any atom is -0.361 e. The predicted molar refractivity (Wildman–Crippen MR) is 55.2 cm³/mol. The Bertz CT molecular complexity index is 306. The van der Waals surface area contributed by atoms with Gasteiger partial charge in [-0.05, 0) is 25.8 Å². The van der Waals surface area contributed by atoms with Crippen molar-refractivity contribution >= 4 is 0 Å². The van der Waals surface area contributed by atoms with Gasteiger partial charge in [0, 0.05) is 18.0 Å². The summed E-state index contributed by atoms with van der Waals surface area (Å²) in [7, 11) is 0.